The van der Waals surface area contributed by atoms with Crippen molar-refractivity contribution in [3.8, 4) is 0 Å². The number of hydrogen-bond acceptors (Lipinski definition) is 3. The van der Waals surface area contributed by atoms with Gasteiger partial charge in [0.1, 0.15) is 6.54 Å². The molecule has 2 aromatic rings. The zero-order valence-corrected chi connectivity index (χ0v) is 14.7. The zero-order chi connectivity index (χ0) is 17.6. The van der Waals surface area contributed by atoms with Crippen LogP contribution in [0, 0.1) is 0 Å². The Morgan fingerprint density at radius 3 is 2.44 bits per heavy atom. The average molecular weight is 352 g/mol. The van der Waals surface area contributed by atoms with E-state index in [0.29, 0.717) is 17.8 Å². The van der Waals surface area contributed by atoms with Crippen molar-refractivity contribution in [1.29, 1.82) is 0 Å². The zero-order valence-electron chi connectivity index (χ0n) is 13.9. The van der Waals surface area contributed by atoms with Crippen LogP contribution in [0.1, 0.15) is 22.3 Å². The highest BCUT2D eigenvalue weighted by atomic mass is 32.2. The normalized spacial score (nSPS) is 13.0. The van der Waals surface area contributed by atoms with E-state index < -0.39 is 0 Å². The molecule has 0 saturated carbocycles. The van der Waals surface area contributed by atoms with Gasteiger partial charge in [-0.3, -0.25) is 14.5 Å². The summed E-state index contributed by atoms with van der Waals surface area (Å²) in [5, 5.41) is 2.88. The summed E-state index contributed by atoms with van der Waals surface area (Å²) >= 11 is 1.77. The maximum Gasteiger partial charge on any atom is 0.259 e. The van der Waals surface area contributed by atoms with Crippen molar-refractivity contribution in [3.63, 3.8) is 0 Å². The second-order valence-corrected chi connectivity index (χ2v) is 6.92. The summed E-state index contributed by atoms with van der Waals surface area (Å²) in [6.07, 6.45) is 0.875. The van der Waals surface area contributed by atoms with Gasteiger partial charge in [0.25, 0.3) is 5.91 Å². The van der Waals surface area contributed by atoms with E-state index in [-0.39, 0.29) is 18.4 Å². The van der Waals surface area contributed by atoms with Crippen LogP contribution in [0.15, 0.2) is 66.1 Å². The van der Waals surface area contributed by atoms with E-state index in [0.717, 1.165) is 17.7 Å². The van der Waals surface area contributed by atoms with Crippen molar-refractivity contribution in [2.75, 3.05) is 18.8 Å². The Labute approximate surface area is 151 Å². The molecule has 0 bridgehead atoms. The molecule has 1 aliphatic rings. The lowest BCUT2D eigenvalue weighted by atomic mass is 10.1. The molecule has 128 valence electrons. The van der Waals surface area contributed by atoms with Gasteiger partial charge in [0.05, 0.1) is 0 Å². The number of carbonyl (C=O) groups excluding carboxylic acids is 2. The van der Waals surface area contributed by atoms with Gasteiger partial charge in [-0.15, -0.1) is 11.8 Å². The van der Waals surface area contributed by atoms with Crippen LogP contribution in [-0.2, 0) is 4.79 Å². The van der Waals surface area contributed by atoms with Gasteiger partial charge in [0.15, 0.2) is 0 Å². The minimum absolute atomic E-state index is 0.0121. The fourth-order valence-electron chi connectivity index (χ4n) is 2.71. The lowest BCUT2D eigenvalue weighted by Crippen LogP contribution is -2.37. The first-order valence-electron chi connectivity index (χ1n) is 8.21. The number of amides is 2. The third-order valence-corrected chi connectivity index (χ3v) is 5.09. The molecule has 0 radical (unpaired) electrons. The Morgan fingerprint density at radius 1 is 1.04 bits per heavy atom. The van der Waals surface area contributed by atoms with Crippen LogP contribution in [0.4, 0.5) is 0 Å². The van der Waals surface area contributed by atoms with Crippen LogP contribution in [0.5, 0.6) is 0 Å². The number of nitrogens with one attached hydrogen (secondary N) is 1. The van der Waals surface area contributed by atoms with E-state index >= 15 is 0 Å². The molecule has 25 heavy (non-hydrogen) atoms. The standard InChI is InChI=1S/C20H20N2O2S/c1-15-17-10-5-6-11-18(17)20(24)22(15)14-19(23)21-12-7-13-25-16-8-3-2-4-9-16/h2-6,8-11H,1,7,12-14H2,(H,21,23). The maximum atomic E-state index is 12.4. The smallest absolute Gasteiger partial charge is 0.259 e. The summed E-state index contributed by atoms with van der Waals surface area (Å²) in [7, 11) is 0. The van der Waals surface area contributed by atoms with Crippen molar-refractivity contribution in [3.05, 3.63) is 72.3 Å². The molecule has 0 aromatic heterocycles. The molecule has 2 aromatic carbocycles. The van der Waals surface area contributed by atoms with Gasteiger partial charge >= 0.3 is 0 Å². The highest BCUT2D eigenvalue weighted by Crippen LogP contribution is 2.30. The van der Waals surface area contributed by atoms with Gasteiger partial charge in [-0.1, -0.05) is 43.0 Å². The number of nitrogens with zero attached hydrogens (tertiary/aromatic N) is 1. The predicted molar refractivity (Wildman–Crippen MR) is 101 cm³/mol. The maximum absolute atomic E-state index is 12.4. The monoisotopic (exact) mass is 352 g/mol. The van der Waals surface area contributed by atoms with E-state index in [1.54, 1.807) is 17.8 Å². The molecule has 0 aliphatic carbocycles. The summed E-state index contributed by atoms with van der Waals surface area (Å²) < 4.78 is 0. The van der Waals surface area contributed by atoms with Crippen molar-refractivity contribution in [2.45, 2.75) is 11.3 Å². The highest BCUT2D eigenvalue weighted by Gasteiger charge is 2.31. The number of thioether (sulfide) groups is 1. The molecule has 1 heterocycles. The molecule has 3 rings (SSSR count). The van der Waals surface area contributed by atoms with Crippen molar-refractivity contribution in [1.82, 2.24) is 10.2 Å². The van der Waals surface area contributed by atoms with Crippen molar-refractivity contribution in [2.24, 2.45) is 0 Å². The minimum atomic E-state index is -0.160. The first-order valence-corrected chi connectivity index (χ1v) is 9.20. The number of hydrogen-bond donors (Lipinski definition) is 1. The molecule has 0 unspecified atom stereocenters. The number of benzene rings is 2. The first kappa shape index (κ1) is 17.3. The fraction of sp³-hybridized carbons (Fsp3) is 0.200. The van der Waals surface area contributed by atoms with Crippen molar-refractivity contribution < 1.29 is 9.59 Å². The van der Waals surface area contributed by atoms with E-state index in [4.69, 9.17) is 0 Å². The van der Waals surface area contributed by atoms with E-state index in [9.17, 15) is 9.59 Å². The third kappa shape index (κ3) is 4.12. The third-order valence-electron chi connectivity index (χ3n) is 4.00. The average Bonchev–Trinajstić information content (AvgIpc) is 2.88. The fourth-order valence-corrected chi connectivity index (χ4v) is 3.58. The molecule has 4 nitrogen and oxygen atoms in total. The number of rotatable bonds is 7. The summed E-state index contributed by atoms with van der Waals surface area (Å²) in [5.74, 6) is 0.618. The summed E-state index contributed by atoms with van der Waals surface area (Å²) in [6.45, 7) is 4.55. The van der Waals surface area contributed by atoms with Crippen LogP contribution in [0.25, 0.3) is 5.70 Å². The van der Waals surface area contributed by atoms with Crippen LogP contribution >= 0.6 is 11.8 Å². The lowest BCUT2D eigenvalue weighted by molar-refractivity contribution is -0.121. The van der Waals surface area contributed by atoms with Crippen LogP contribution in [-0.4, -0.2) is 35.6 Å². The Kier molecular flexibility index (Phi) is 5.56. The topological polar surface area (TPSA) is 49.4 Å². The van der Waals surface area contributed by atoms with E-state index in [2.05, 4.69) is 24.0 Å². The highest BCUT2D eigenvalue weighted by molar-refractivity contribution is 7.99. The summed E-state index contributed by atoms with van der Waals surface area (Å²) in [6, 6.07) is 17.5. The van der Waals surface area contributed by atoms with Crippen LogP contribution in [0.3, 0.4) is 0 Å². The largest absolute Gasteiger partial charge is 0.355 e. The van der Waals surface area contributed by atoms with Gasteiger partial charge < -0.3 is 5.32 Å². The van der Waals surface area contributed by atoms with Crippen molar-refractivity contribution >= 4 is 29.3 Å². The van der Waals surface area contributed by atoms with Crippen LogP contribution < -0.4 is 5.32 Å². The van der Waals surface area contributed by atoms with Gasteiger partial charge in [-0.25, -0.2) is 0 Å². The van der Waals surface area contributed by atoms with Gasteiger partial charge in [-0.05, 0) is 30.4 Å². The molecule has 0 atom stereocenters. The Balaban J connectivity index is 1.41. The molecule has 5 heteroatoms. The molecule has 1 N–H and O–H groups in total. The SMILES string of the molecule is C=C1c2ccccc2C(=O)N1CC(=O)NCCCSc1ccccc1. The van der Waals surface area contributed by atoms with Crippen LogP contribution in [0.2, 0.25) is 0 Å². The summed E-state index contributed by atoms with van der Waals surface area (Å²) in [4.78, 5) is 27.1. The lowest BCUT2D eigenvalue weighted by Gasteiger charge is -2.16. The minimum Gasteiger partial charge on any atom is -0.355 e. The quantitative estimate of drug-likeness (QED) is 0.614. The molecular formula is C20H20N2O2S. The van der Waals surface area contributed by atoms with E-state index in [1.165, 1.54) is 9.80 Å². The second-order valence-electron chi connectivity index (χ2n) is 5.75. The number of fused-ring (bicyclic) bond motifs is 1. The Bertz CT molecular complexity index is 754. The van der Waals surface area contributed by atoms with Gasteiger partial charge in [0.2, 0.25) is 5.91 Å². The van der Waals surface area contributed by atoms with Gasteiger partial charge in [0, 0.05) is 28.3 Å². The summed E-state index contributed by atoms with van der Waals surface area (Å²) in [5.41, 5.74) is 2.01. The Hall–Kier alpha value is -2.53. The molecular weight excluding hydrogens is 332 g/mol. The molecule has 0 fully saturated rings. The second kappa shape index (κ2) is 8.03. The number of carbonyl (C=O) groups is 2. The predicted octanol–water partition coefficient (Wildman–Crippen LogP) is 3.41. The Morgan fingerprint density at radius 2 is 1.72 bits per heavy atom. The van der Waals surface area contributed by atoms with Gasteiger partial charge in [-0.2, -0.15) is 0 Å². The molecule has 0 spiro atoms. The molecule has 2 amide bonds. The van der Waals surface area contributed by atoms with E-state index in [1.807, 2.05) is 36.4 Å². The first-order chi connectivity index (χ1) is 12.2. The molecule has 0 saturated heterocycles. The molecule has 1 aliphatic heterocycles.